The Morgan fingerprint density at radius 3 is 2.50 bits per heavy atom. The molecule has 6 heteroatoms. The molecule has 26 heavy (non-hydrogen) atoms. The number of nitriles is 1. The number of benzene rings is 2. The SMILES string of the molecule is COCCNC(=O)/C(C#N)=C/c1ccc(OCc2ccc(F)cc2)cc1. The summed E-state index contributed by atoms with van der Waals surface area (Å²) in [4.78, 5) is 11.9. The smallest absolute Gasteiger partial charge is 0.262 e. The number of carbonyl (C=O) groups excluding carboxylic acids is 1. The van der Waals surface area contributed by atoms with Gasteiger partial charge in [-0.1, -0.05) is 24.3 Å². The van der Waals surface area contributed by atoms with E-state index in [-0.39, 0.29) is 11.4 Å². The van der Waals surface area contributed by atoms with Gasteiger partial charge in [0, 0.05) is 13.7 Å². The molecule has 0 saturated heterocycles. The van der Waals surface area contributed by atoms with Crippen molar-refractivity contribution in [1.82, 2.24) is 5.32 Å². The largest absolute Gasteiger partial charge is 0.489 e. The van der Waals surface area contributed by atoms with E-state index in [0.717, 1.165) is 5.56 Å². The van der Waals surface area contributed by atoms with Gasteiger partial charge in [0.05, 0.1) is 6.61 Å². The van der Waals surface area contributed by atoms with Gasteiger partial charge in [0.2, 0.25) is 0 Å². The second-order valence-corrected chi connectivity index (χ2v) is 5.40. The third-order valence-electron chi connectivity index (χ3n) is 3.47. The highest BCUT2D eigenvalue weighted by molar-refractivity contribution is 6.01. The third kappa shape index (κ3) is 6.04. The van der Waals surface area contributed by atoms with Crippen LogP contribution in [0.1, 0.15) is 11.1 Å². The predicted molar refractivity (Wildman–Crippen MR) is 95.6 cm³/mol. The molecule has 134 valence electrons. The van der Waals surface area contributed by atoms with Gasteiger partial charge in [0.25, 0.3) is 5.91 Å². The van der Waals surface area contributed by atoms with E-state index in [0.29, 0.717) is 31.1 Å². The molecular weight excluding hydrogens is 335 g/mol. The summed E-state index contributed by atoms with van der Waals surface area (Å²) in [5, 5.41) is 11.7. The summed E-state index contributed by atoms with van der Waals surface area (Å²) in [5.41, 5.74) is 1.58. The molecule has 1 amide bonds. The molecule has 0 aliphatic carbocycles. The molecule has 2 aromatic rings. The van der Waals surface area contributed by atoms with E-state index in [1.54, 1.807) is 36.4 Å². The van der Waals surface area contributed by atoms with Crippen molar-refractivity contribution >= 4 is 12.0 Å². The van der Waals surface area contributed by atoms with Gasteiger partial charge in [0.15, 0.2) is 0 Å². The van der Waals surface area contributed by atoms with Crippen LogP contribution in [-0.4, -0.2) is 26.2 Å². The van der Waals surface area contributed by atoms with Crippen LogP contribution in [0.4, 0.5) is 4.39 Å². The van der Waals surface area contributed by atoms with E-state index < -0.39 is 5.91 Å². The number of hydrogen-bond acceptors (Lipinski definition) is 4. The van der Waals surface area contributed by atoms with Gasteiger partial charge in [-0.25, -0.2) is 4.39 Å². The monoisotopic (exact) mass is 354 g/mol. The molecule has 1 N–H and O–H groups in total. The molecule has 0 aliphatic heterocycles. The van der Waals surface area contributed by atoms with E-state index in [4.69, 9.17) is 14.7 Å². The fourth-order valence-electron chi connectivity index (χ4n) is 2.08. The zero-order chi connectivity index (χ0) is 18.8. The van der Waals surface area contributed by atoms with Gasteiger partial charge in [-0.3, -0.25) is 4.79 Å². The van der Waals surface area contributed by atoms with Gasteiger partial charge >= 0.3 is 0 Å². The minimum atomic E-state index is -0.443. The zero-order valence-electron chi connectivity index (χ0n) is 14.4. The molecule has 0 aromatic heterocycles. The maximum Gasteiger partial charge on any atom is 0.262 e. The van der Waals surface area contributed by atoms with Crippen molar-refractivity contribution in [3.8, 4) is 11.8 Å². The Morgan fingerprint density at radius 1 is 1.19 bits per heavy atom. The van der Waals surface area contributed by atoms with Crippen molar-refractivity contribution in [1.29, 1.82) is 5.26 Å². The standard InChI is InChI=1S/C20H19FN2O3/c1-25-11-10-23-20(24)17(13-22)12-15-4-8-19(9-5-15)26-14-16-2-6-18(21)7-3-16/h2-9,12H,10-11,14H2,1H3,(H,23,24)/b17-12+. The normalized spacial score (nSPS) is 10.9. The summed E-state index contributed by atoms with van der Waals surface area (Å²) in [6, 6.07) is 15.0. The van der Waals surface area contributed by atoms with E-state index in [9.17, 15) is 9.18 Å². The topological polar surface area (TPSA) is 71.3 Å². The molecule has 0 unspecified atom stereocenters. The highest BCUT2D eigenvalue weighted by Gasteiger charge is 2.08. The maximum atomic E-state index is 12.9. The van der Waals surface area contributed by atoms with Crippen LogP contribution in [0.5, 0.6) is 5.75 Å². The van der Waals surface area contributed by atoms with Gasteiger partial charge in [-0.05, 0) is 41.5 Å². The first-order valence-electron chi connectivity index (χ1n) is 7.98. The zero-order valence-corrected chi connectivity index (χ0v) is 14.4. The number of nitrogens with zero attached hydrogens (tertiary/aromatic N) is 1. The number of halogens is 1. The Hall–Kier alpha value is -3.17. The van der Waals surface area contributed by atoms with Crippen molar-refractivity contribution < 1.29 is 18.7 Å². The molecule has 0 atom stereocenters. The van der Waals surface area contributed by atoms with Crippen molar-refractivity contribution in [2.45, 2.75) is 6.61 Å². The fourth-order valence-corrected chi connectivity index (χ4v) is 2.08. The summed E-state index contributed by atoms with van der Waals surface area (Å²) in [6.07, 6.45) is 1.51. The molecule has 2 rings (SSSR count). The van der Waals surface area contributed by atoms with Crippen LogP contribution >= 0.6 is 0 Å². The molecule has 0 spiro atoms. The minimum absolute atomic E-state index is 0.0149. The Bertz CT molecular complexity index is 793. The molecule has 0 fully saturated rings. The van der Waals surface area contributed by atoms with Crippen molar-refractivity contribution in [3.63, 3.8) is 0 Å². The molecule has 0 radical (unpaired) electrons. The Kier molecular flexibility index (Phi) is 7.34. The van der Waals surface area contributed by atoms with Gasteiger partial charge in [0.1, 0.15) is 29.8 Å². The van der Waals surface area contributed by atoms with Gasteiger partial charge < -0.3 is 14.8 Å². The number of ether oxygens (including phenoxy) is 2. The van der Waals surface area contributed by atoms with Crippen LogP contribution in [0, 0.1) is 17.1 Å². The van der Waals surface area contributed by atoms with Crippen LogP contribution in [0.3, 0.4) is 0 Å². The number of hydrogen-bond donors (Lipinski definition) is 1. The minimum Gasteiger partial charge on any atom is -0.489 e. The lowest BCUT2D eigenvalue weighted by Gasteiger charge is -2.07. The van der Waals surface area contributed by atoms with Crippen LogP contribution < -0.4 is 10.1 Å². The van der Waals surface area contributed by atoms with Crippen LogP contribution in [0.15, 0.2) is 54.1 Å². The predicted octanol–water partition coefficient (Wildman–Crippen LogP) is 3.07. The van der Waals surface area contributed by atoms with Crippen LogP contribution in [-0.2, 0) is 16.1 Å². The molecule has 0 heterocycles. The quantitative estimate of drug-likeness (QED) is 0.449. The average molecular weight is 354 g/mol. The maximum absolute atomic E-state index is 12.9. The second kappa shape index (κ2) is 9.97. The molecular formula is C20H19FN2O3. The molecule has 0 saturated carbocycles. The lowest BCUT2D eigenvalue weighted by atomic mass is 10.1. The van der Waals surface area contributed by atoms with E-state index in [1.807, 2.05) is 6.07 Å². The van der Waals surface area contributed by atoms with Gasteiger partial charge in [-0.15, -0.1) is 0 Å². The summed E-state index contributed by atoms with van der Waals surface area (Å²) >= 11 is 0. The summed E-state index contributed by atoms with van der Waals surface area (Å²) in [6.45, 7) is 1.04. The molecule has 5 nitrogen and oxygen atoms in total. The first kappa shape index (κ1) is 19.2. The number of nitrogens with one attached hydrogen (secondary N) is 1. The first-order chi connectivity index (χ1) is 12.6. The lowest BCUT2D eigenvalue weighted by Crippen LogP contribution is -2.27. The van der Waals surface area contributed by atoms with Crippen molar-refractivity contribution in [2.75, 3.05) is 20.3 Å². The second-order valence-electron chi connectivity index (χ2n) is 5.40. The molecule has 0 aliphatic rings. The first-order valence-corrected chi connectivity index (χ1v) is 7.98. The Balaban J connectivity index is 1.95. The lowest BCUT2D eigenvalue weighted by molar-refractivity contribution is -0.117. The van der Waals surface area contributed by atoms with Crippen LogP contribution in [0.25, 0.3) is 6.08 Å². The number of methoxy groups -OCH3 is 1. The number of rotatable bonds is 8. The van der Waals surface area contributed by atoms with Gasteiger partial charge in [-0.2, -0.15) is 5.26 Å². The van der Waals surface area contributed by atoms with Crippen molar-refractivity contribution in [3.05, 3.63) is 71.0 Å². The molecule has 0 bridgehead atoms. The fraction of sp³-hybridized carbons (Fsp3) is 0.200. The summed E-state index contributed by atoms with van der Waals surface area (Å²) < 4.78 is 23.3. The highest BCUT2D eigenvalue weighted by atomic mass is 19.1. The summed E-state index contributed by atoms with van der Waals surface area (Å²) in [5.74, 6) is -0.0971. The van der Waals surface area contributed by atoms with Crippen molar-refractivity contribution in [2.24, 2.45) is 0 Å². The summed E-state index contributed by atoms with van der Waals surface area (Å²) in [7, 11) is 1.53. The Labute approximate surface area is 151 Å². The van der Waals surface area contributed by atoms with Crippen LogP contribution in [0.2, 0.25) is 0 Å². The molecule has 2 aromatic carbocycles. The number of amides is 1. The van der Waals surface area contributed by atoms with E-state index in [2.05, 4.69) is 5.32 Å². The average Bonchev–Trinajstić information content (AvgIpc) is 2.66. The van der Waals surface area contributed by atoms with E-state index in [1.165, 1.54) is 25.3 Å². The highest BCUT2D eigenvalue weighted by Crippen LogP contribution is 2.16. The Morgan fingerprint density at radius 2 is 1.88 bits per heavy atom. The third-order valence-corrected chi connectivity index (χ3v) is 3.47. The number of carbonyl (C=O) groups is 1. The van der Waals surface area contributed by atoms with E-state index >= 15 is 0 Å².